The first-order valence-corrected chi connectivity index (χ1v) is 10.4. The monoisotopic (exact) mass is 395 g/mol. The number of anilines is 1. The van der Waals surface area contributed by atoms with Gasteiger partial charge in [-0.05, 0) is 45.2 Å². The van der Waals surface area contributed by atoms with Gasteiger partial charge in [-0.3, -0.25) is 13.9 Å². The third-order valence-electron chi connectivity index (χ3n) is 5.64. The minimum absolute atomic E-state index is 0.0499. The van der Waals surface area contributed by atoms with E-state index in [1.165, 1.54) is 0 Å². The highest BCUT2D eigenvalue weighted by atomic mass is 16.1. The van der Waals surface area contributed by atoms with Gasteiger partial charge in [0.25, 0.3) is 0 Å². The highest BCUT2D eigenvalue weighted by Crippen LogP contribution is 2.23. The van der Waals surface area contributed by atoms with Crippen molar-refractivity contribution in [3.05, 3.63) is 41.3 Å². The number of hydrogen-bond acceptors (Lipinski definition) is 5. The Morgan fingerprint density at radius 2 is 2.14 bits per heavy atom. The second kappa shape index (κ2) is 8.23. The zero-order valence-corrected chi connectivity index (χ0v) is 17.4. The number of nitrogens with zero attached hydrogens (tertiary/aromatic N) is 6. The number of rotatable bonds is 6. The quantitative estimate of drug-likeness (QED) is 0.694. The number of carbonyl (C=O) groups is 1. The highest BCUT2D eigenvalue weighted by molar-refractivity contribution is 5.79. The summed E-state index contributed by atoms with van der Waals surface area (Å²) in [5, 5.41) is 16.3. The molecule has 1 N–H and O–H groups in total. The van der Waals surface area contributed by atoms with Gasteiger partial charge in [-0.2, -0.15) is 5.10 Å². The molecule has 0 aromatic carbocycles. The second-order valence-corrected chi connectivity index (χ2v) is 7.87. The Hall–Kier alpha value is -2.90. The maximum Gasteiger partial charge on any atom is 0.231 e. The van der Waals surface area contributed by atoms with Crippen molar-refractivity contribution in [2.75, 3.05) is 18.0 Å². The molecule has 1 aliphatic rings. The number of aryl methyl sites for hydroxylation is 3. The van der Waals surface area contributed by atoms with Gasteiger partial charge in [0.1, 0.15) is 0 Å². The van der Waals surface area contributed by atoms with Crippen LogP contribution in [0.5, 0.6) is 0 Å². The smallest absolute Gasteiger partial charge is 0.231 e. The molecule has 8 heteroatoms. The van der Waals surface area contributed by atoms with Gasteiger partial charge in [0.2, 0.25) is 11.9 Å². The van der Waals surface area contributed by atoms with E-state index in [2.05, 4.69) is 49.8 Å². The van der Waals surface area contributed by atoms with Crippen molar-refractivity contribution in [1.29, 1.82) is 0 Å². The summed E-state index contributed by atoms with van der Waals surface area (Å²) in [4.78, 5) is 15.0. The Labute approximate surface area is 170 Å². The first-order chi connectivity index (χ1) is 14.1. The third kappa shape index (κ3) is 3.97. The summed E-state index contributed by atoms with van der Waals surface area (Å²) in [6.45, 7) is 9.16. The molecule has 4 heterocycles. The molecule has 0 bridgehead atoms. The molecular weight excluding hydrogens is 366 g/mol. The fourth-order valence-corrected chi connectivity index (χ4v) is 4.06. The van der Waals surface area contributed by atoms with Gasteiger partial charge in [0.15, 0.2) is 5.65 Å². The van der Waals surface area contributed by atoms with Crippen LogP contribution < -0.4 is 10.2 Å². The topological polar surface area (TPSA) is 80.4 Å². The van der Waals surface area contributed by atoms with E-state index in [1.54, 1.807) is 0 Å². The van der Waals surface area contributed by atoms with E-state index in [0.29, 0.717) is 13.1 Å². The molecule has 1 aliphatic heterocycles. The number of aromatic nitrogens is 5. The molecule has 4 rings (SSSR count). The third-order valence-corrected chi connectivity index (χ3v) is 5.64. The SMILES string of the molecule is CCCn1cc(CNC(=O)[C@@H]2CCCN(c3nnc4cccc(C)n34)C2)c(C)n1. The average Bonchev–Trinajstić information content (AvgIpc) is 3.31. The van der Waals surface area contributed by atoms with Crippen molar-refractivity contribution in [2.24, 2.45) is 5.92 Å². The van der Waals surface area contributed by atoms with Crippen LogP contribution in [0.4, 0.5) is 5.95 Å². The van der Waals surface area contributed by atoms with Crippen molar-refractivity contribution >= 4 is 17.5 Å². The zero-order chi connectivity index (χ0) is 20.4. The normalized spacial score (nSPS) is 17.1. The van der Waals surface area contributed by atoms with Gasteiger partial charge >= 0.3 is 0 Å². The van der Waals surface area contributed by atoms with Crippen LogP contribution >= 0.6 is 0 Å². The predicted octanol–water partition coefficient (Wildman–Crippen LogP) is 2.49. The number of fused-ring (bicyclic) bond motifs is 1. The van der Waals surface area contributed by atoms with E-state index in [9.17, 15) is 4.79 Å². The molecule has 29 heavy (non-hydrogen) atoms. The molecular formula is C21H29N7O. The Morgan fingerprint density at radius 1 is 1.28 bits per heavy atom. The molecule has 1 saturated heterocycles. The summed E-state index contributed by atoms with van der Waals surface area (Å²) in [6.07, 6.45) is 4.94. The lowest BCUT2D eigenvalue weighted by molar-refractivity contribution is -0.125. The van der Waals surface area contributed by atoms with Crippen LogP contribution in [0.25, 0.3) is 5.65 Å². The van der Waals surface area contributed by atoms with Gasteiger partial charge in [0, 0.05) is 43.6 Å². The van der Waals surface area contributed by atoms with E-state index in [1.807, 2.05) is 29.9 Å². The molecule has 8 nitrogen and oxygen atoms in total. The Kier molecular flexibility index (Phi) is 5.51. The van der Waals surface area contributed by atoms with Gasteiger partial charge in [-0.25, -0.2) is 0 Å². The Bertz CT molecular complexity index is 1010. The first-order valence-electron chi connectivity index (χ1n) is 10.4. The van der Waals surface area contributed by atoms with Crippen LogP contribution in [0.3, 0.4) is 0 Å². The summed E-state index contributed by atoms with van der Waals surface area (Å²) in [5.74, 6) is 0.876. The Balaban J connectivity index is 1.42. The summed E-state index contributed by atoms with van der Waals surface area (Å²) >= 11 is 0. The molecule has 0 aliphatic carbocycles. The van der Waals surface area contributed by atoms with Crippen LogP contribution in [0.1, 0.15) is 43.1 Å². The van der Waals surface area contributed by atoms with Crippen molar-refractivity contribution in [2.45, 2.75) is 53.1 Å². The van der Waals surface area contributed by atoms with Crippen LogP contribution in [0.15, 0.2) is 24.4 Å². The summed E-state index contributed by atoms with van der Waals surface area (Å²) in [5.41, 5.74) is 3.99. The second-order valence-electron chi connectivity index (χ2n) is 7.87. The number of piperidine rings is 1. The molecule has 1 atom stereocenters. The van der Waals surface area contributed by atoms with Crippen molar-refractivity contribution < 1.29 is 4.79 Å². The summed E-state index contributed by atoms with van der Waals surface area (Å²) in [6, 6.07) is 5.99. The minimum Gasteiger partial charge on any atom is -0.352 e. The molecule has 0 spiro atoms. The number of carbonyl (C=O) groups excluding carboxylic acids is 1. The fraction of sp³-hybridized carbons (Fsp3) is 0.524. The van der Waals surface area contributed by atoms with Crippen LogP contribution in [-0.2, 0) is 17.9 Å². The van der Waals surface area contributed by atoms with Gasteiger partial charge in [-0.15, -0.1) is 10.2 Å². The molecule has 154 valence electrons. The number of amides is 1. The highest BCUT2D eigenvalue weighted by Gasteiger charge is 2.28. The molecule has 1 amide bonds. The molecule has 3 aromatic rings. The van der Waals surface area contributed by atoms with E-state index in [-0.39, 0.29) is 11.8 Å². The summed E-state index contributed by atoms with van der Waals surface area (Å²) < 4.78 is 4.02. The lowest BCUT2D eigenvalue weighted by atomic mass is 9.97. The van der Waals surface area contributed by atoms with Crippen LogP contribution in [0.2, 0.25) is 0 Å². The lowest BCUT2D eigenvalue weighted by Crippen LogP contribution is -2.43. The van der Waals surface area contributed by atoms with Gasteiger partial charge in [0.05, 0.1) is 11.6 Å². The zero-order valence-electron chi connectivity index (χ0n) is 17.4. The summed E-state index contributed by atoms with van der Waals surface area (Å²) in [7, 11) is 0. The van der Waals surface area contributed by atoms with Gasteiger partial charge in [-0.1, -0.05) is 13.0 Å². The van der Waals surface area contributed by atoms with Gasteiger partial charge < -0.3 is 10.2 Å². The average molecular weight is 396 g/mol. The van der Waals surface area contributed by atoms with Crippen LogP contribution in [0, 0.1) is 19.8 Å². The largest absolute Gasteiger partial charge is 0.352 e. The van der Waals surface area contributed by atoms with Crippen molar-refractivity contribution in [3.63, 3.8) is 0 Å². The van der Waals surface area contributed by atoms with Crippen molar-refractivity contribution in [1.82, 2.24) is 29.7 Å². The molecule has 0 unspecified atom stereocenters. The van der Waals surface area contributed by atoms with E-state index >= 15 is 0 Å². The molecule has 1 fully saturated rings. The molecule has 0 saturated carbocycles. The van der Waals surface area contributed by atoms with E-state index in [4.69, 9.17) is 0 Å². The van der Waals surface area contributed by atoms with E-state index in [0.717, 1.165) is 60.9 Å². The number of pyridine rings is 1. The predicted molar refractivity (Wildman–Crippen MR) is 112 cm³/mol. The molecule has 0 radical (unpaired) electrons. The maximum atomic E-state index is 12.9. The number of hydrogen-bond donors (Lipinski definition) is 1. The minimum atomic E-state index is -0.0499. The maximum absolute atomic E-state index is 12.9. The van der Waals surface area contributed by atoms with Crippen molar-refractivity contribution in [3.8, 4) is 0 Å². The lowest BCUT2D eigenvalue weighted by Gasteiger charge is -2.32. The standard InChI is InChI=1S/C21H29N7O/c1-4-10-27-14-18(16(3)25-27)12-22-20(29)17-8-6-11-26(13-17)21-24-23-19-9-5-7-15(2)28(19)21/h5,7,9,14,17H,4,6,8,10-13H2,1-3H3,(H,22,29)/t17-/m1/s1. The Morgan fingerprint density at radius 3 is 2.97 bits per heavy atom. The fourth-order valence-electron chi connectivity index (χ4n) is 4.06. The molecule has 3 aromatic heterocycles. The first kappa shape index (κ1) is 19.4. The van der Waals surface area contributed by atoms with E-state index < -0.39 is 0 Å². The number of nitrogens with one attached hydrogen (secondary N) is 1. The van der Waals surface area contributed by atoms with Crippen LogP contribution in [-0.4, -0.2) is 43.4 Å².